The van der Waals surface area contributed by atoms with Gasteiger partial charge in [-0.05, 0) is 36.3 Å². The maximum absolute atomic E-state index is 5.29. The molecule has 2 nitrogen and oxygen atoms in total. The number of nitrogens with zero attached hydrogens (tertiary/aromatic N) is 1. The summed E-state index contributed by atoms with van der Waals surface area (Å²) in [7, 11) is 0. The summed E-state index contributed by atoms with van der Waals surface area (Å²) in [6.45, 7) is 6.98. The number of nitrogens with one attached hydrogen (secondary N) is 1. The highest BCUT2D eigenvalue weighted by Gasteiger charge is 2.08. The van der Waals surface area contributed by atoms with E-state index >= 15 is 0 Å². The summed E-state index contributed by atoms with van der Waals surface area (Å²) in [6, 6.07) is 6.54. The molecular weight excluding hydrogens is 268 g/mol. The molecular formula is C20H32N2. The molecule has 1 N–H and O–H groups in total. The third-order valence-electron chi connectivity index (χ3n) is 3.95. The van der Waals surface area contributed by atoms with Gasteiger partial charge in [-0.2, -0.15) is 0 Å². The summed E-state index contributed by atoms with van der Waals surface area (Å²) in [5, 5.41) is 2.88. The van der Waals surface area contributed by atoms with Gasteiger partial charge in [-0.25, -0.2) is 4.98 Å². The molecule has 1 heterocycles. The van der Waals surface area contributed by atoms with Gasteiger partial charge in [-0.1, -0.05) is 71.8 Å². The average Bonchev–Trinajstić information content (AvgIpc) is 2.46. The van der Waals surface area contributed by atoms with Crippen LogP contribution in [0.5, 0.6) is 0 Å². The lowest BCUT2D eigenvalue weighted by molar-refractivity contribution is 0.356. The lowest BCUT2D eigenvalue weighted by Crippen LogP contribution is -2.03. The van der Waals surface area contributed by atoms with Crippen molar-refractivity contribution in [3.05, 3.63) is 23.9 Å². The first-order chi connectivity index (χ1) is 10.5. The second kappa shape index (κ2) is 10.3. The number of hydrogen-bond acceptors (Lipinski definition) is 2. The maximum atomic E-state index is 5.29. The van der Waals surface area contributed by atoms with Crippen LogP contribution in [0.4, 0.5) is 5.82 Å². The van der Waals surface area contributed by atoms with Crippen molar-refractivity contribution >= 4 is 5.82 Å². The van der Waals surface area contributed by atoms with Gasteiger partial charge in [0.1, 0.15) is 5.82 Å². The van der Waals surface area contributed by atoms with Gasteiger partial charge in [0.15, 0.2) is 0 Å². The Morgan fingerprint density at radius 3 is 2.32 bits per heavy atom. The van der Waals surface area contributed by atoms with Crippen molar-refractivity contribution in [2.75, 3.05) is 5.32 Å². The van der Waals surface area contributed by atoms with E-state index in [1.165, 1.54) is 56.9 Å². The molecule has 0 amide bonds. The Kier molecular flexibility index (Phi) is 8.67. The molecule has 1 aromatic rings. The van der Waals surface area contributed by atoms with Crippen LogP contribution in [-0.2, 0) is 6.42 Å². The summed E-state index contributed by atoms with van der Waals surface area (Å²) in [4.78, 5) is 4.28. The number of unbranched alkanes of at least 4 members (excludes halogenated alkanes) is 6. The molecule has 22 heavy (non-hydrogen) atoms. The highest BCUT2D eigenvalue weighted by molar-refractivity contribution is 5.47. The molecule has 0 aliphatic rings. The first-order valence-corrected chi connectivity index (χ1v) is 8.68. The molecule has 0 spiro atoms. The van der Waals surface area contributed by atoms with Crippen molar-refractivity contribution in [1.82, 2.24) is 4.98 Å². The Morgan fingerprint density at radius 1 is 1.05 bits per heavy atom. The molecule has 0 fully saturated rings. The topological polar surface area (TPSA) is 24.9 Å². The highest BCUT2D eigenvalue weighted by Crippen LogP contribution is 2.22. The molecule has 2 heteroatoms. The van der Waals surface area contributed by atoms with Crippen molar-refractivity contribution in [2.24, 2.45) is 5.41 Å². The van der Waals surface area contributed by atoms with E-state index in [2.05, 4.69) is 43.2 Å². The highest BCUT2D eigenvalue weighted by atomic mass is 15.0. The molecule has 0 unspecified atom stereocenters. The predicted octanol–water partition coefficient (Wildman–Crippen LogP) is 5.79. The number of terminal acetylenes is 1. The van der Waals surface area contributed by atoms with E-state index < -0.39 is 0 Å². The molecule has 0 aliphatic heterocycles. The molecule has 0 atom stereocenters. The van der Waals surface area contributed by atoms with Crippen molar-refractivity contribution < 1.29 is 0 Å². The van der Waals surface area contributed by atoms with Gasteiger partial charge in [-0.15, -0.1) is 0 Å². The average molecular weight is 300 g/mol. The number of pyridine rings is 1. The van der Waals surface area contributed by atoms with Crippen LogP contribution < -0.4 is 5.32 Å². The van der Waals surface area contributed by atoms with Gasteiger partial charge in [-0.3, -0.25) is 5.32 Å². The van der Waals surface area contributed by atoms with Crippen LogP contribution in [-0.4, -0.2) is 4.98 Å². The summed E-state index contributed by atoms with van der Waals surface area (Å²) >= 11 is 0. The van der Waals surface area contributed by atoms with Gasteiger partial charge in [0.2, 0.25) is 0 Å². The van der Waals surface area contributed by atoms with Gasteiger partial charge in [0, 0.05) is 12.2 Å². The molecule has 0 radical (unpaired) electrons. The largest absolute Gasteiger partial charge is 0.299 e. The molecule has 0 bridgehead atoms. The zero-order valence-corrected chi connectivity index (χ0v) is 14.6. The monoisotopic (exact) mass is 300 g/mol. The molecule has 0 saturated carbocycles. The van der Waals surface area contributed by atoms with Gasteiger partial charge >= 0.3 is 0 Å². The zero-order chi connectivity index (χ0) is 16.3. The summed E-state index contributed by atoms with van der Waals surface area (Å²) in [6.07, 6.45) is 18.8. The zero-order valence-electron chi connectivity index (χ0n) is 14.6. The fourth-order valence-corrected chi connectivity index (χ4v) is 2.68. The van der Waals surface area contributed by atoms with Crippen LogP contribution in [0.3, 0.4) is 0 Å². The minimum atomic E-state index is 0.494. The number of aromatic nitrogens is 1. The number of rotatable bonds is 10. The fourth-order valence-electron chi connectivity index (χ4n) is 2.68. The number of aryl methyl sites for hydroxylation is 1. The van der Waals surface area contributed by atoms with Gasteiger partial charge in [0.05, 0.1) is 0 Å². The minimum Gasteiger partial charge on any atom is -0.299 e. The van der Waals surface area contributed by atoms with Crippen molar-refractivity contribution in [1.29, 1.82) is 0 Å². The van der Waals surface area contributed by atoms with Crippen LogP contribution in [0, 0.1) is 17.9 Å². The van der Waals surface area contributed by atoms with Crippen LogP contribution in [0.15, 0.2) is 18.3 Å². The Morgan fingerprint density at radius 2 is 1.68 bits per heavy atom. The Bertz CT molecular complexity index is 452. The van der Waals surface area contributed by atoms with Crippen molar-refractivity contribution in [2.45, 2.75) is 78.6 Å². The Balaban J connectivity index is 2.06. The van der Waals surface area contributed by atoms with E-state index in [1.54, 1.807) is 6.20 Å². The van der Waals surface area contributed by atoms with Crippen LogP contribution in [0.25, 0.3) is 0 Å². The van der Waals surface area contributed by atoms with Crippen LogP contribution in [0.2, 0.25) is 0 Å². The van der Waals surface area contributed by atoms with E-state index in [0.29, 0.717) is 5.41 Å². The molecule has 0 saturated heterocycles. The summed E-state index contributed by atoms with van der Waals surface area (Å²) in [5.74, 6) is 0.840. The summed E-state index contributed by atoms with van der Waals surface area (Å²) < 4.78 is 0. The minimum absolute atomic E-state index is 0.494. The standard InChI is InChI=1S/C20H32N2/c1-5-21-19-18(15-13-17-22-19)14-11-9-7-6-8-10-12-16-20(2,3)4/h1,13,15,17H,6-12,14,16H2,2-4H3,(H,21,22). The SMILES string of the molecule is C#CNc1ncccc1CCCCCCCCCC(C)(C)C. The normalized spacial score (nSPS) is 11.2. The third kappa shape index (κ3) is 8.72. The second-order valence-corrected chi connectivity index (χ2v) is 7.32. The van der Waals surface area contributed by atoms with E-state index in [-0.39, 0.29) is 0 Å². The quantitative estimate of drug-likeness (QED) is 0.336. The van der Waals surface area contributed by atoms with Crippen molar-refractivity contribution in [3.63, 3.8) is 0 Å². The summed E-state index contributed by atoms with van der Waals surface area (Å²) in [5.41, 5.74) is 1.72. The van der Waals surface area contributed by atoms with E-state index in [0.717, 1.165) is 12.2 Å². The maximum Gasteiger partial charge on any atom is 0.140 e. The Hall–Kier alpha value is -1.49. The van der Waals surface area contributed by atoms with Crippen molar-refractivity contribution in [3.8, 4) is 12.5 Å². The second-order valence-electron chi connectivity index (χ2n) is 7.32. The lowest BCUT2D eigenvalue weighted by atomic mass is 9.89. The van der Waals surface area contributed by atoms with Gasteiger partial charge in [0.25, 0.3) is 0 Å². The third-order valence-corrected chi connectivity index (χ3v) is 3.95. The van der Waals surface area contributed by atoms with Gasteiger partial charge < -0.3 is 0 Å². The molecule has 0 aliphatic carbocycles. The molecule has 1 rings (SSSR count). The molecule has 122 valence electrons. The van der Waals surface area contributed by atoms with E-state index in [9.17, 15) is 0 Å². The predicted molar refractivity (Wildman–Crippen MR) is 96.8 cm³/mol. The number of anilines is 1. The number of hydrogen-bond donors (Lipinski definition) is 1. The first-order valence-electron chi connectivity index (χ1n) is 8.68. The van der Waals surface area contributed by atoms with E-state index in [1.807, 2.05) is 6.07 Å². The van der Waals surface area contributed by atoms with Crippen LogP contribution in [0.1, 0.15) is 77.7 Å². The fraction of sp³-hybridized carbons (Fsp3) is 0.650. The smallest absolute Gasteiger partial charge is 0.140 e. The lowest BCUT2D eigenvalue weighted by Gasteiger charge is -2.17. The Labute approximate surface area is 137 Å². The van der Waals surface area contributed by atoms with Crippen LogP contribution >= 0.6 is 0 Å². The molecule has 1 aromatic heterocycles. The molecule has 0 aromatic carbocycles. The van der Waals surface area contributed by atoms with E-state index in [4.69, 9.17) is 6.42 Å². The first kappa shape index (κ1) is 18.6.